The molecule has 21 heavy (non-hydrogen) atoms. The van der Waals surface area contributed by atoms with Crippen molar-refractivity contribution in [3.63, 3.8) is 0 Å². The zero-order valence-corrected chi connectivity index (χ0v) is 15.3. The van der Waals surface area contributed by atoms with Gasteiger partial charge in [0.15, 0.2) is 0 Å². The maximum atomic E-state index is 8.92. The van der Waals surface area contributed by atoms with Crippen molar-refractivity contribution in [2.45, 2.75) is 37.9 Å². The fourth-order valence-corrected chi connectivity index (χ4v) is 5.61. The molecular weight excluding hydrogens is 314 g/mol. The van der Waals surface area contributed by atoms with E-state index in [-0.39, 0.29) is 12.2 Å². The standard InChI is InChI=1S/C6H12O2.2C6H5.Zn/c7-5-1-2-6(8)4-3-5;2*1-2-4-6-5-3-1;/h5-8H,1-4H2;2*1-5H;. The first kappa shape index (κ1) is 16.4. The van der Waals surface area contributed by atoms with Crippen molar-refractivity contribution < 1.29 is 27.3 Å². The van der Waals surface area contributed by atoms with Crippen LogP contribution in [0.5, 0.6) is 0 Å². The Hall–Kier alpha value is -1.02. The molecule has 1 fully saturated rings. The average Bonchev–Trinajstić information content (AvgIpc) is 2.53. The van der Waals surface area contributed by atoms with Crippen molar-refractivity contribution in [2.75, 3.05) is 0 Å². The van der Waals surface area contributed by atoms with Crippen LogP contribution in [-0.4, -0.2) is 22.4 Å². The molecule has 0 unspecified atom stereocenters. The van der Waals surface area contributed by atoms with Crippen LogP contribution in [0, 0.1) is 0 Å². The Kier molecular flexibility index (Phi) is 7.08. The summed E-state index contributed by atoms with van der Waals surface area (Å²) in [6, 6.07) is 21.6. The third-order valence-corrected chi connectivity index (χ3v) is 7.45. The van der Waals surface area contributed by atoms with Gasteiger partial charge < -0.3 is 10.2 Å². The number of hydrogen-bond donors (Lipinski definition) is 2. The summed E-state index contributed by atoms with van der Waals surface area (Å²) in [6.45, 7) is 0. The zero-order chi connectivity index (χ0) is 14.9. The summed E-state index contributed by atoms with van der Waals surface area (Å²) in [5.41, 5.74) is 0. The summed E-state index contributed by atoms with van der Waals surface area (Å²) >= 11 is -0.676. The number of hydrogen-bond acceptors (Lipinski definition) is 2. The van der Waals surface area contributed by atoms with Crippen LogP contribution < -0.4 is 8.32 Å². The molecule has 0 bridgehead atoms. The SMILES string of the molecule is OC1CCC(O)CC1.c1cc[c]([Zn][c]2ccccc2)cc1. The van der Waals surface area contributed by atoms with Crippen LogP contribution >= 0.6 is 0 Å². The zero-order valence-electron chi connectivity index (χ0n) is 12.4. The van der Waals surface area contributed by atoms with Crippen molar-refractivity contribution in [1.29, 1.82) is 0 Å². The van der Waals surface area contributed by atoms with Gasteiger partial charge in [-0.1, -0.05) is 0 Å². The van der Waals surface area contributed by atoms with Crippen molar-refractivity contribution in [3.05, 3.63) is 60.7 Å². The van der Waals surface area contributed by atoms with Gasteiger partial charge in [-0.05, 0) is 25.7 Å². The van der Waals surface area contributed by atoms with E-state index in [0.717, 1.165) is 25.7 Å². The van der Waals surface area contributed by atoms with Crippen molar-refractivity contribution in [1.82, 2.24) is 0 Å². The summed E-state index contributed by atoms with van der Waals surface area (Å²) in [6.07, 6.45) is 2.83. The minimum absolute atomic E-state index is 0.140. The molecule has 0 heterocycles. The second-order valence-electron chi connectivity index (χ2n) is 5.61. The van der Waals surface area contributed by atoms with Gasteiger partial charge in [0.2, 0.25) is 0 Å². The van der Waals surface area contributed by atoms with Crippen LogP contribution in [0.25, 0.3) is 0 Å². The molecule has 2 aromatic rings. The van der Waals surface area contributed by atoms with Gasteiger partial charge in [-0.25, -0.2) is 0 Å². The van der Waals surface area contributed by atoms with Crippen LogP contribution in [0.3, 0.4) is 0 Å². The van der Waals surface area contributed by atoms with Crippen LogP contribution in [0.2, 0.25) is 0 Å². The Morgan fingerprint density at radius 3 is 1.29 bits per heavy atom. The molecule has 0 spiro atoms. The van der Waals surface area contributed by atoms with Gasteiger partial charge in [0.1, 0.15) is 0 Å². The van der Waals surface area contributed by atoms with E-state index < -0.39 is 17.1 Å². The Balaban J connectivity index is 0.000000173. The molecule has 0 aromatic heterocycles. The third kappa shape index (κ3) is 6.52. The molecule has 0 radical (unpaired) electrons. The van der Waals surface area contributed by atoms with Gasteiger partial charge in [-0.15, -0.1) is 0 Å². The second-order valence-corrected chi connectivity index (χ2v) is 9.78. The fourth-order valence-electron chi connectivity index (χ4n) is 2.49. The van der Waals surface area contributed by atoms with E-state index >= 15 is 0 Å². The maximum absolute atomic E-state index is 8.92. The molecule has 3 heteroatoms. The van der Waals surface area contributed by atoms with E-state index in [1.54, 1.807) is 8.32 Å². The van der Waals surface area contributed by atoms with Gasteiger partial charge in [0.25, 0.3) is 0 Å². The molecule has 0 atom stereocenters. The quantitative estimate of drug-likeness (QED) is 0.824. The molecule has 1 aliphatic carbocycles. The molecule has 3 rings (SSSR count). The summed E-state index contributed by atoms with van der Waals surface area (Å²) in [4.78, 5) is 0. The molecule has 108 valence electrons. The Morgan fingerprint density at radius 2 is 0.952 bits per heavy atom. The summed E-state index contributed by atoms with van der Waals surface area (Å²) in [7, 11) is 0. The van der Waals surface area contributed by atoms with E-state index in [0.29, 0.717) is 0 Å². The van der Waals surface area contributed by atoms with Gasteiger partial charge in [-0.2, -0.15) is 0 Å². The Labute approximate surface area is 134 Å². The number of aliphatic hydroxyl groups excluding tert-OH is 2. The fraction of sp³-hybridized carbons (Fsp3) is 0.333. The first-order chi connectivity index (χ1) is 10.2. The van der Waals surface area contributed by atoms with E-state index in [1.165, 1.54) is 0 Å². The summed E-state index contributed by atoms with van der Waals surface area (Å²) in [5, 5.41) is 17.8. The normalized spacial score (nSPS) is 20.9. The Morgan fingerprint density at radius 1 is 0.619 bits per heavy atom. The number of aliphatic hydroxyl groups is 2. The van der Waals surface area contributed by atoms with Crippen LogP contribution in [0.1, 0.15) is 25.7 Å². The van der Waals surface area contributed by atoms with Crippen LogP contribution in [0.15, 0.2) is 60.7 Å². The first-order valence-electron chi connectivity index (χ1n) is 7.68. The summed E-state index contributed by atoms with van der Waals surface area (Å²) in [5.74, 6) is 0. The monoisotopic (exact) mass is 334 g/mol. The minimum atomic E-state index is -0.676. The van der Waals surface area contributed by atoms with E-state index in [1.807, 2.05) is 0 Å². The van der Waals surface area contributed by atoms with Crippen molar-refractivity contribution in [2.24, 2.45) is 0 Å². The van der Waals surface area contributed by atoms with E-state index in [4.69, 9.17) is 10.2 Å². The average molecular weight is 336 g/mol. The molecule has 2 N–H and O–H groups in total. The Bertz CT molecular complexity index is 446. The van der Waals surface area contributed by atoms with Crippen LogP contribution in [0.4, 0.5) is 0 Å². The molecule has 0 amide bonds. The van der Waals surface area contributed by atoms with Gasteiger partial charge >= 0.3 is 86.1 Å². The molecule has 1 saturated carbocycles. The van der Waals surface area contributed by atoms with Gasteiger partial charge in [0, 0.05) is 0 Å². The van der Waals surface area contributed by atoms with E-state index in [2.05, 4.69) is 60.7 Å². The van der Waals surface area contributed by atoms with Gasteiger partial charge in [0.05, 0.1) is 12.2 Å². The van der Waals surface area contributed by atoms with Gasteiger partial charge in [-0.3, -0.25) is 0 Å². The van der Waals surface area contributed by atoms with Crippen molar-refractivity contribution >= 4 is 8.32 Å². The number of rotatable bonds is 2. The third-order valence-electron chi connectivity index (χ3n) is 3.76. The first-order valence-corrected chi connectivity index (χ1v) is 10.6. The molecule has 0 aliphatic heterocycles. The van der Waals surface area contributed by atoms with E-state index in [9.17, 15) is 0 Å². The summed E-state index contributed by atoms with van der Waals surface area (Å²) < 4.78 is 3.11. The number of benzene rings is 2. The predicted molar refractivity (Wildman–Crippen MR) is 82.6 cm³/mol. The molecule has 2 nitrogen and oxygen atoms in total. The van der Waals surface area contributed by atoms with Crippen LogP contribution in [-0.2, 0) is 17.1 Å². The predicted octanol–water partition coefficient (Wildman–Crippen LogP) is 2.00. The second kappa shape index (κ2) is 9.09. The molecule has 2 aromatic carbocycles. The molecule has 0 saturated heterocycles. The van der Waals surface area contributed by atoms with Crippen molar-refractivity contribution in [3.8, 4) is 0 Å². The topological polar surface area (TPSA) is 40.5 Å². The molecule has 1 aliphatic rings. The molecular formula is C18H22O2Zn.